The Balaban J connectivity index is 1.44. The maximum absolute atomic E-state index is 13.4. The number of fused-ring (bicyclic) bond motifs is 2. The van der Waals surface area contributed by atoms with E-state index in [2.05, 4.69) is 17.5 Å². The summed E-state index contributed by atoms with van der Waals surface area (Å²) in [5.74, 6) is -0.424. The molecule has 4 aromatic rings. The SMILES string of the molecule is COc1ccccc1NC(=O)COC(=O)c1c2c(nc3ccccc13)/C(=C\c1cccs1)CCC2. The molecule has 7 heteroatoms. The zero-order chi connectivity index (χ0) is 24.2. The smallest absolute Gasteiger partial charge is 0.339 e. The molecule has 0 bridgehead atoms. The molecule has 1 aliphatic carbocycles. The summed E-state index contributed by atoms with van der Waals surface area (Å²) in [5, 5.41) is 5.52. The third-order valence-electron chi connectivity index (χ3n) is 5.95. The predicted octanol–water partition coefficient (Wildman–Crippen LogP) is 5.98. The van der Waals surface area contributed by atoms with Crippen LogP contribution in [-0.4, -0.2) is 30.6 Å². The van der Waals surface area contributed by atoms with Crippen LogP contribution in [0.15, 0.2) is 66.0 Å². The van der Waals surface area contributed by atoms with Crippen LogP contribution in [0.25, 0.3) is 22.6 Å². The van der Waals surface area contributed by atoms with Gasteiger partial charge in [-0.1, -0.05) is 36.4 Å². The van der Waals surface area contributed by atoms with Gasteiger partial charge in [-0.15, -0.1) is 11.3 Å². The van der Waals surface area contributed by atoms with Crippen LogP contribution in [0.3, 0.4) is 0 Å². The van der Waals surface area contributed by atoms with Crippen LogP contribution in [0.4, 0.5) is 5.69 Å². The van der Waals surface area contributed by atoms with Gasteiger partial charge in [0, 0.05) is 10.3 Å². The number of pyridine rings is 1. The minimum absolute atomic E-state index is 0.403. The summed E-state index contributed by atoms with van der Waals surface area (Å²) in [6.45, 7) is -0.403. The summed E-state index contributed by atoms with van der Waals surface area (Å²) in [7, 11) is 1.53. The number of aromatic nitrogens is 1. The van der Waals surface area contributed by atoms with Gasteiger partial charge in [-0.05, 0) is 66.1 Å². The first kappa shape index (κ1) is 22.8. The van der Waals surface area contributed by atoms with Gasteiger partial charge >= 0.3 is 5.97 Å². The molecule has 1 amide bonds. The maximum atomic E-state index is 13.4. The molecule has 0 fully saturated rings. The summed E-state index contributed by atoms with van der Waals surface area (Å²) >= 11 is 1.67. The number of carbonyl (C=O) groups is 2. The third kappa shape index (κ3) is 4.81. The maximum Gasteiger partial charge on any atom is 0.339 e. The van der Waals surface area contributed by atoms with Gasteiger partial charge in [0.15, 0.2) is 6.61 Å². The van der Waals surface area contributed by atoms with Crippen molar-refractivity contribution in [3.8, 4) is 5.75 Å². The lowest BCUT2D eigenvalue weighted by molar-refractivity contribution is -0.119. The van der Waals surface area contributed by atoms with E-state index in [0.29, 0.717) is 17.0 Å². The summed E-state index contributed by atoms with van der Waals surface area (Å²) in [6, 6.07) is 18.7. The van der Waals surface area contributed by atoms with Crippen LogP contribution in [-0.2, 0) is 16.0 Å². The standard InChI is InChI=1S/C28H24N2O4S/c1-33-24-14-5-4-13-23(24)29-25(31)17-34-28(32)26-20-10-2-3-12-22(20)30-27-18(8-6-11-21(26)27)16-19-9-7-15-35-19/h2-5,7,9-10,12-16H,6,8,11,17H2,1H3,(H,29,31)/b18-16-. The summed E-state index contributed by atoms with van der Waals surface area (Å²) < 4.78 is 10.8. The van der Waals surface area contributed by atoms with Crippen molar-refractivity contribution in [2.75, 3.05) is 19.0 Å². The quantitative estimate of drug-likeness (QED) is 0.341. The summed E-state index contributed by atoms with van der Waals surface area (Å²) in [5.41, 5.74) is 4.58. The minimum Gasteiger partial charge on any atom is -0.495 e. The van der Waals surface area contributed by atoms with Gasteiger partial charge < -0.3 is 14.8 Å². The topological polar surface area (TPSA) is 77.5 Å². The molecule has 35 heavy (non-hydrogen) atoms. The second-order valence-corrected chi connectivity index (χ2v) is 9.17. The van der Waals surface area contributed by atoms with Crippen molar-refractivity contribution in [3.63, 3.8) is 0 Å². The van der Waals surface area contributed by atoms with Crippen LogP contribution in [0, 0.1) is 0 Å². The first-order chi connectivity index (χ1) is 17.1. The monoisotopic (exact) mass is 484 g/mol. The number of benzene rings is 2. The van der Waals surface area contributed by atoms with Crippen molar-refractivity contribution in [2.24, 2.45) is 0 Å². The van der Waals surface area contributed by atoms with Crippen LogP contribution in [0.2, 0.25) is 0 Å². The van der Waals surface area contributed by atoms with Gasteiger partial charge in [-0.25, -0.2) is 9.78 Å². The molecule has 0 radical (unpaired) electrons. The van der Waals surface area contributed by atoms with E-state index in [0.717, 1.165) is 51.9 Å². The molecule has 2 heterocycles. The highest BCUT2D eigenvalue weighted by atomic mass is 32.1. The van der Waals surface area contributed by atoms with Crippen molar-refractivity contribution in [1.29, 1.82) is 0 Å². The van der Waals surface area contributed by atoms with E-state index >= 15 is 0 Å². The molecule has 0 saturated heterocycles. The van der Waals surface area contributed by atoms with Crippen LogP contribution >= 0.6 is 11.3 Å². The van der Waals surface area contributed by atoms with Crippen molar-refractivity contribution in [3.05, 3.63) is 87.7 Å². The molecule has 0 aliphatic heterocycles. The zero-order valence-electron chi connectivity index (χ0n) is 19.2. The first-order valence-corrected chi connectivity index (χ1v) is 12.3. The number of allylic oxidation sites excluding steroid dienone is 1. The lowest BCUT2D eigenvalue weighted by Crippen LogP contribution is -2.22. The largest absolute Gasteiger partial charge is 0.495 e. The van der Waals surface area contributed by atoms with Gasteiger partial charge in [0.05, 0.1) is 29.6 Å². The number of esters is 1. The number of para-hydroxylation sites is 3. The van der Waals surface area contributed by atoms with E-state index < -0.39 is 18.5 Å². The highest BCUT2D eigenvalue weighted by Gasteiger charge is 2.26. The van der Waals surface area contributed by atoms with Gasteiger partial charge in [0.2, 0.25) is 0 Å². The Morgan fingerprint density at radius 3 is 2.71 bits per heavy atom. The molecule has 176 valence electrons. The van der Waals surface area contributed by atoms with Gasteiger partial charge in [0.25, 0.3) is 5.91 Å². The van der Waals surface area contributed by atoms with Crippen molar-refractivity contribution < 1.29 is 19.1 Å². The second-order valence-electron chi connectivity index (χ2n) is 8.19. The molecule has 1 N–H and O–H groups in total. The highest BCUT2D eigenvalue weighted by molar-refractivity contribution is 7.10. The number of anilines is 1. The average molecular weight is 485 g/mol. The first-order valence-electron chi connectivity index (χ1n) is 11.4. The molecule has 2 aromatic heterocycles. The van der Waals surface area contributed by atoms with E-state index in [1.54, 1.807) is 29.5 Å². The predicted molar refractivity (Wildman–Crippen MR) is 139 cm³/mol. The van der Waals surface area contributed by atoms with E-state index in [4.69, 9.17) is 14.5 Å². The number of methoxy groups -OCH3 is 1. The molecule has 2 aromatic carbocycles. The van der Waals surface area contributed by atoms with E-state index in [1.165, 1.54) is 7.11 Å². The Bertz CT molecular complexity index is 1430. The molecule has 0 saturated carbocycles. The average Bonchev–Trinajstić information content (AvgIpc) is 3.40. The molecule has 0 unspecified atom stereocenters. The normalized spacial score (nSPS) is 13.9. The molecule has 1 aliphatic rings. The summed E-state index contributed by atoms with van der Waals surface area (Å²) in [6.07, 6.45) is 4.69. The Morgan fingerprint density at radius 2 is 1.89 bits per heavy atom. The number of amides is 1. The van der Waals surface area contributed by atoms with Crippen LogP contribution < -0.4 is 10.1 Å². The number of nitrogens with zero attached hydrogens (tertiary/aromatic N) is 1. The van der Waals surface area contributed by atoms with Crippen LogP contribution in [0.5, 0.6) is 5.75 Å². The Hall–Kier alpha value is -3.97. The number of rotatable bonds is 6. The Labute approximate surface area is 207 Å². The fraction of sp³-hybridized carbons (Fsp3) is 0.179. The molecule has 5 rings (SSSR count). The Morgan fingerprint density at radius 1 is 1.06 bits per heavy atom. The number of hydrogen-bond donors (Lipinski definition) is 1. The van der Waals surface area contributed by atoms with Crippen molar-refractivity contribution >= 4 is 51.5 Å². The van der Waals surface area contributed by atoms with Gasteiger partial charge in [-0.3, -0.25) is 4.79 Å². The lowest BCUT2D eigenvalue weighted by Gasteiger charge is -2.22. The fourth-order valence-electron chi connectivity index (χ4n) is 4.39. The number of thiophene rings is 1. The fourth-order valence-corrected chi connectivity index (χ4v) is 5.07. The number of nitrogens with one attached hydrogen (secondary N) is 1. The molecule has 0 atom stereocenters. The van der Waals surface area contributed by atoms with E-state index in [-0.39, 0.29) is 0 Å². The van der Waals surface area contributed by atoms with Crippen LogP contribution in [0.1, 0.15) is 39.3 Å². The van der Waals surface area contributed by atoms with E-state index in [9.17, 15) is 9.59 Å². The van der Waals surface area contributed by atoms with Gasteiger partial charge in [0.1, 0.15) is 5.75 Å². The molecular weight excluding hydrogens is 460 g/mol. The van der Waals surface area contributed by atoms with Crippen molar-refractivity contribution in [1.82, 2.24) is 4.98 Å². The molecule has 6 nitrogen and oxygen atoms in total. The minimum atomic E-state index is -0.521. The molecular formula is C28H24N2O4S. The summed E-state index contributed by atoms with van der Waals surface area (Å²) in [4.78, 5) is 32.0. The lowest BCUT2D eigenvalue weighted by atomic mass is 9.86. The third-order valence-corrected chi connectivity index (χ3v) is 6.77. The van der Waals surface area contributed by atoms with Crippen molar-refractivity contribution in [2.45, 2.75) is 19.3 Å². The number of hydrogen-bond acceptors (Lipinski definition) is 6. The molecule has 0 spiro atoms. The van der Waals surface area contributed by atoms with Gasteiger partial charge in [-0.2, -0.15) is 0 Å². The second kappa shape index (κ2) is 10.1. The zero-order valence-corrected chi connectivity index (χ0v) is 20.1. The van der Waals surface area contributed by atoms with E-state index in [1.807, 2.05) is 41.8 Å². The number of carbonyl (C=O) groups excluding carboxylic acids is 2. The Kier molecular flexibility index (Phi) is 6.59. The highest BCUT2D eigenvalue weighted by Crippen LogP contribution is 2.37. The number of ether oxygens (including phenoxy) is 2.